The van der Waals surface area contributed by atoms with E-state index in [1.165, 1.54) is 5.56 Å². The quantitative estimate of drug-likeness (QED) is 0.790. The molecule has 78 valence electrons. The van der Waals surface area contributed by atoms with Gasteiger partial charge in [0.1, 0.15) is 12.4 Å². The van der Waals surface area contributed by atoms with Crippen LogP contribution >= 0.6 is 11.3 Å². The Morgan fingerprint density at radius 1 is 1.20 bits per heavy atom. The highest BCUT2D eigenvalue weighted by atomic mass is 32.1. The van der Waals surface area contributed by atoms with Gasteiger partial charge >= 0.3 is 0 Å². The highest BCUT2D eigenvalue weighted by Crippen LogP contribution is 2.16. The van der Waals surface area contributed by atoms with Crippen molar-refractivity contribution in [3.63, 3.8) is 0 Å². The Labute approximate surface area is 93.6 Å². The third kappa shape index (κ3) is 2.80. The maximum absolute atomic E-state index is 5.63. The normalized spacial score (nSPS) is 10.3. The van der Waals surface area contributed by atoms with E-state index in [-0.39, 0.29) is 0 Å². The van der Waals surface area contributed by atoms with Crippen LogP contribution in [0.1, 0.15) is 15.4 Å². The molecule has 0 fully saturated rings. The van der Waals surface area contributed by atoms with Crippen LogP contribution in [-0.4, -0.2) is 4.98 Å². The van der Waals surface area contributed by atoms with E-state index in [0.717, 1.165) is 15.6 Å². The molecule has 0 atom stereocenters. The molecule has 1 heterocycles. The average molecular weight is 219 g/mol. The zero-order valence-corrected chi connectivity index (χ0v) is 9.67. The second-order valence-electron chi connectivity index (χ2n) is 3.45. The van der Waals surface area contributed by atoms with E-state index in [1.807, 2.05) is 37.4 Å². The lowest BCUT2D eigenvalue weighted by molar-refractivity contribution is 0.309. The van der Waals surface area contributed by atoms with Gasteiger partial charge in [-0.25, -0.2) is 4.98 Å². The van der Waals surface area contributed by atoms with Crippen LogP contribution in [0.2, 0.25) is 0 Å². The first-order valence-electron chi connectivity index (χ1n) is 4.85. The number of nitrogens with zero attached hydrogens (tertiary/aromatic N) is 1. The van der Waals surface area contributed by atoms with Crippen molar-refractivity contribution in [3.05, 3.63) is 45.9 Å². The van der Waals surface area contributed by atoms with Crippen molar-refractivity contribution in [2.75, 3.05) is 0 Å². The average Bonchev–Trinajstić information content (AvgIpc) is 2.64. The van der Waals surface area contributed by atoms with Crippen molar-refractivity contribution in [3.8, 4) is 5.75 Å². The van der Waals surface area contributed by atoms with Crippen LogP contribution in [0.3, 0.4) is 0 Å². The van der Waals surface area contributed by atoms with Gasteiger partial charge in [-0.15, -0.1) is 11.3 Å². The van der Waals surface area contributed by atoms with E-state index in [2.05, 4.69) is 11.9 Å². The molecule has 2 aromatic rings. The fourth-order valence-electron chi connectivity index (χ4n) is 1.26. The minimum Gasteiger partial charge on any atom is -0.488 e. The number of hydrogen-bond acceptors (Lipinski definition) is 3. The molecule has 0 spiro atoms. The molecule has 1 aromatic heterocycles. The van der Waals surface area contributed by atoms with E-state index in [0.29, 0.717) is 6.61 Å². The second-order valence-corrected chi connectivity index (χ2v) is 4.77. The first-order valence-corrected chi connectivity index (χ1v) is 5.66. The fraction of sp³-hybridized carbons (Fsp3) is 0.250. The van der Waals surface area contributed by atoms with E-state index < -0.39 is 0 Å². The van der Waals surface area contributed by atoms with E-state index >= 15 is 0 Å². The van der Waals surface area contributed by atoms with Crippen molar-refractivity contribution in [1.29, 1.82) is 0 Å². The lowest BCUT2D eigenvalue weighted by atomic mass is 10.2. The van der Waals surface area contributed by atoms with Crippen LogP contribution in [0.4, 0.5) is 0 Å². The van der Waals surface area contributed by atoms with E-state index in [4.69, 9.17) is 4.74 Å². The maximum Gasteiger partial charge on any atom is 0.124 e. The van der Waals surface area contributed by atoms with Gasteiger partial charge in [0.15, 0.2) is 0 Å². The van der Waals surface area contributed by atoms with Crippen LogP contribution in [-0.2, 0) is 6.61 Å². The fourth-order valence-corrected chi connectivity index (χ4v) is 1.97. The summed E-state index contributed by atoms with van der Waals surface area (Å²) in [5, 5.41) is 1.08. The minimum atomic E-state index is 0.606. The maximum atomic E-state index is 5.63. The molecule has 0 unspecified atom stereocenters. The minimum absolute atomic E-state index is 0.606. The van der Waals surface area contributed by atoms with Crippen LogP contribution in [0, 0.1) is 13.8 Å². The van der Waals surface area contributed by atoms with Gasteiger partial charge in [-0.1, -0.05) is 17.7 Å². The smallest absolute Gasteiger partial charge is 0.124 e. The SMILES string of the molecule is Cc1ccc(OCc2cnc(C)s2)cc1. The molecule has 2 rings (SSSR count). The Morgan fingerprint density at radius 2 is 1.93 bits per heavy atom. The molecule has 0 amide bonds. The standard InChI is InChI=1S/C12H13NOS/c1-9-3-5-11(6-4-9)14-8-12-7-13-10(2)15-12/h3-7H,8H2,1-2H3. The number of aromatic nitrogens is 1. The molecule has 0 aliphatic heterocycles. The molecule has 0 saturated heterocycles. The molecule has 0 radical (unpaired) electrons. The predicted octanol–water partition coefficient (Wildman–Crippen LogP) is 3.34. The van der Waals surface area contributed by atoms with Crippen molar-refractivity contribution in [1.82, 2.24) is 4.98 Å². The van der Waals surface area contributed by atoms with Crippen molar-refractivity contribution < 1.29 is 4.74 Å². The van der Waals surface area contributed by atoms with E-state index in [9.17, 15) is 0 Å². The number of thiazole rings is 1. The first kappa shape index (κ1) is 10.2. The molecule has 2 nitrogen and oxygen atoms in total. The van der Waals surface area contributed by atoms with Crippen LogP contribution in [0.15, 0.2) is 30.5 Å². The van der Waals surface area contributed by atoms with Gasteiger partial charge in [-0.05, 0) is 26.0 Å². The van der Waals surface area contributed by atoms with Gasteiger partial charge in [0, 0.05) is 6.20 Å². The summed E-state index contributed by atoms with van der Waals surface area (Å²) in [6.07, 6.45) is 1.87. The Balaban J connectivity index is 1.96. The summed E-state index contributed by atoms with van der Waals surface area (Å²) >= 11 is 1.67. The van der Waals surface area contributed by atoms with E-state index in [1.54, 1.807) is 11.3 Å². The Hall–Kier alpha value is -1.35. The highest BCUT2D eigenvalue weighted by molar-refractivity contribution is 7.11. The lowest BCUT2D eigenvalue weighted by Gasteiger charge is -2.03. The topological polar surface area (TPSA) is 22.1 Å². The van der Waals surface area contributed by atoms with Crippen LogP contribution in [0.25, 0.3) is 0 Å². The van der Waals surface area contributed by atoms with Crippen molar-refractivity contribution in [2.45, 2.75) is 20.5 Å². The van der Waals surface area contributed by atoms with Gasteiger partial charge in [0.05, 0.1) is 9.88 Å². The molecule has 0 aliphatic carbocycles. The summed E-state index contributed by atoms with van der Waals surface area (Å²) in [7, 11) is 0. The molecular weight excluding hydrogens is 206 g/mol. The molecular formula is C12H13NOS. The Kier molecular flexibility index (Phi) is 3.02. The number of hydrogen-bond donors (Lipinski definition) is 0. The van der Waals surface area contributed by atoms with Gasteiger partial charge in [0.2, 0.25) is 0 Å². The summed E-state index contributed by atoms with van der Waals surface area (Å²) in [5.74, 6) is 0.909. The summed E-state index contributed by atoms with van der Waals surface area (Å²) in [5.41, 5.74) is 1.25. The zero-order valence-electron chi connectivity index (χ0n) is 8.86. The molecule has 15 heavy (non-hydrogen) atoms. The largest absolute Gasteiger partial charge is 0.488 e. The molecule has 3 heteroatoms. The first-order chi connectivity index (χ1) is 7.24. The van der Waals surface area contributed by atoms with Crippen molar-refractivity contribution >= 4 is 11.3 Å². The molecule has 0 saturated carbocycles. The van der Waals surface area contributed by atoms with Gasteiger partial charge in [0.25, 0.3) is 0 Å². The van der Waals surface area contributed by atoms with Crippen LogP contribution in [0.5, 0.6) is 5.75 Å². The number of rotatable bonds is 3. The highest BCUT2D eigenvalue weighted by Gasteiger charge is 1.99. The number of ether oxygens (including phenoxy) is 1. The summed E-state index contributed by atoms with van der Waals surface area (Å²) in [4.78, 5) is 5.34. The van der Waals surface area contributed by atoms with Gasteiger partial charge in [-0.2, -0.15) is 0 Å². The Morgan fingerprint density at radius 3 is 2.53 bits per heavy atom. The third-order valence-electron chi connectivity index (χ3n) is 2.07. The molecule has 0 N–H and O–H groups in total. The third-order valence-corrected chi connectivity index (χ3v) is 2.96. The number of benzene rings is 1. The lowest BCUT2D eigenvalue weighted by Crippen LogP contribution is -1.92. The second kappa shape index (κ2) is 4.45. The zero-order chi connectivity index (χ0) is 10.7. The molecule has 0 bridgehead atoms. The van der Waals surface area contributed by atoms with Gasteiger partial charge in [-0.3, -0.25) is 0 Å². The van der Waals surface area contributed by atoms with Crippen molar-refractivity contribution in [2.24, 2.45) is 0 Å². The predicted molar refractivity (Wildman–Crippen MR) is 62.4 cm³/mol. The summed E-state index contributed by atoms with van der Waals surface area (Å²) in [6, 6.07) is 8.08. The molecule has 1 aromatic carbocycles. The van der Waals surface area contributed by atoms with Gasteiger partial charge < -0.3 is 4.74 Å². The summed E-state index contributed by atoms with van der Waals surface area (Å²) in [6.45, 7) is 4.67. The molecule has 0 aliphatic rings. The van der Waals surface area contributed by atoms with Crippen LogP contribution < -0.4 is 4.74 Å². The number of aryl methyl sites for hydroxylation is 2. The Bertz CT molecular complexity index is 433. The monoisotopic (exact) mass is 219 g/mol. The summed E-state index contributed by atoms with van der Waals surface area (Å²) < 4.78 is 5.63.